The number of hydrogen-bond acceptors (Lipinski definition) is 5. The number of fused-ring (bicyclic) bond motifs is 1. The molecule has 4 N–H and O–H groups in total. The van der Waals surface area contributed by atoms with Crippen LogP contribution in [-0.2, 0) is 22.6 Å². The molecule has 2 amide bonds. The van der Waals surface area contributed by atoms with E-state index in [1.807, 2.05) is 54.6 Å². The lowest BCUT2D eigenvalue weighted by atomic mass is 9.92. The van der Waals surface area contributed by atoms with Gasteiger partial charge in [0.25, 0.3) is 0 Å². The van der Waals surface area contributed by atoms with E-state index >= 15 is 0 Å². The molecule has 0 aliphatic heterocycles. The number of nitrogens with zero attached hydrogens (tertiary/aromatic N) is 1. The summed E-state index contributed by atoms with van der Waals surface area (Å²) >= 11 is 6.51. The number of amides is 2. The first-order chi connectivity index (χ1) is 17.8. The number of pyridine rings is 1. The summed E-state index contributed by atoms with van der Waals surface area (Å²) in [5, 5.41) is 9.56. The number of para-hydroxylation sites is 1. The molecule has 1 saturated carbocycles. The number of carbonyl (C=O) groups excluding carboxylic acids is 2. The van der Waals surface area contributed by atoms with Crippen molar-refractivity contribution in [3.8, 4) is 5.75 Å². The molecule has 9 heteroatoms. The van der Waals surface area contributed by atoms with Crippen LogP contribution in [0.1, 0.15) is 29.2 Å². The number of ether oxygens (including phenoxy) is 1. The van der Waals surface area contributed by atoms with Crippen LogP contribution in [0.4, 0.5) is 4.39 Å². The summed E-state index contributed by atoms with van der Waals surface area (Å²) in [4.78, 5) is 28.6. The zero-order valence-electron chi connectivity index (χ0n) is 19.7. The van der Waals surface area contributed by atoms with Crippen LogP contribution in [0.3, 0.4) is 0 Å². The third-order valence-corrected chi connectivity index (χ3v) is 7.54. The number of aromatic nitrogens is 1. The van der Waals surface area contributed by atoms with Crippen molar-refractivity contribution < 1.29 is 23.9 Å². The van der Waals surface area contributed by atoms with E-state index in [4.69, 9.17) is 32.3 Å². The molecule has 1 heterocycles. The van der Waals surface area contributed by atoms with Crippen LogP contribution in [0.15, 0.2) is 72.8 Å². The van der Waals surface area contributed by atoms with Gasteiger partial charge in [-0.1, -0.05) is 48.6 Å². The highest BCUT2D eigenvalue weighted by Crippen LogP contribution is 2.54. The summed E-state index contributed by atoms with van der Waals surface area (Å²) in [6.07, 6.45) is 8.04. The Hall–Kier alpha value is -3.75. The van der Waals surface area contributed by atoms with E-state index in [2.05, 4.69) is 0 Å². The van der Waals surface area contributed by atoms with Gasteiger partial charge >= 0.3 is 0 Å². The fraction of sp³-hybridized carbons (Fsp3) is 0.250. The average Bonchev–Trinajstić information content (AvgIpc) is 3.63. The SMILES string of the molecule is NC(=O)[C@@]1(Cc2ccc(OCc3cc(C4C=CC=CC4Cl)nc4ccccc34)c(F)c2)C[C@@H]1C(=O)NO. The van der Waals surface area contributed by atoms with Crippen LogP contribution in [0, 0.1) is 17.2 Å². The van der Waals surface area contributed by atoms with Gasteiger partial charge in [-0.25, -0.2) is 9.87 Å². The van der Waals surface area contributed by atoms with Gasteiger partial charge in [0.2, 0.25) is 11.8 Å². The lowest BCUT2D eigenvalue weighted by molar-refractivity contribution is -0.134. The van der Waals surface area contributed by atoms with Crippen molar-refractivity contribution in [2.24, 2.45) is 17.1 Å². The Morgan fingerprint density at radius 1 is 1.19 bits per heavy atom. The van der Waals surface area contributed by atoms with Gasteiger partial charge in [-0.2, -0.15) is 0 Å². The van der Waals surface area contributed by atoms with Crippen molar-refractivity contribution in [1.29, 1.82) is 0 Å². The van der Waals surface area contributed by atoms with Gasteiger partial charge in [0.15, 0.2) is 11.6 Å². The molecule has 1 aromatic heterocycles. The lowest BCUT2D eigenvalue weighted by Gasteiger charge is -2.20. The van der Waals surface area contributed by atoms with Crippen LogP contribution in [0.5, 0.6) is 5.75 Å². The van der Waals surface area contributed by atoms with E-state index in [-0.39, 0.29) is 36.5 Å². The Morgan fingerprint density at radius 3 is 2.70 bits per heavy atom. The van der Waals surface area contributed by atoms with Gasteiger partial charge in [0.05, 0.1) is 27.9 Å². The highest BCUT2D eigenvalue weighted by molar-refractivity contribution is 6.22. The fourth-order valence-corrected chi connectivity index (χ4v) is 5.27. The van der Waals surface area contributed by atoms with Gasteiger partial charge in [0.1, 0.15) is 6.61 Å². The number of hydrogen-bond donors (Lipinski definition) is 3. The molecule has 37 heavy (non-hydrogen) atoms. The monoisotopic (exact) mass is 521 g/mol. The minimum atomic E-state index is -1.14. The maximum atomic E-state index is 15.0. The molecule has 2 aliphatic rings. The summed E-state index contributed by atoms with van der Waals surface area (Å²) in [5.41, 5.74) is 8.88. The molecule has 2 unspecified atom stereocenters. The average molecular weight is 522 g/mol. The maximum Gasteiger partial charge on any atom is 0.247 e. The first kappa shape index (κ1) is 24.9. The van der Waals surface area contributed by atoms with Crippen molar-refractivity contribution in [3.63, 3.8) is 0 Å². The second kappa shape index (κ2) is 9.95. The standard InChI is InChI=1S/C28H25ClFN3O4/c29-21-7-3-1-6-19(21)24-12-17(18-5-2-4-8-23(18)32-24)15-37-25-10-9-16(11-22(25)30)13-28(27(31)35)14-20(28)26(34)33-36/h1-12,19-21,36H,13-15H2,(H2,31,35)(H,33,34)/t19?,20-,21?,28+/m1/s1. The summed E-state index contributed by atoms with van der Waals surface area (Å²) in [6, 6.07) is 14.0. The largest absolute Gasteiger partial charge is 0.486 e. The summed E-state index contributed by atoms with van der Waals surface area (Å²) in [5.74, 6) is -2.72. The number of hydroxylamine groups is 1. The minimum Gasteiger partial charge on any atom is -0.486 e. The summed E-state index contributed by atoms with van der Waals surface area (Å²) in [6.45, 7) is 0.107. The number of rotatable bonds is 8. The molecule has 3 aromatic rings. The van der Waals surface area contributed by atoms with E-state index in [1.165, 1.54) is 12.1 Å². The summed E-state index contributed by atoms with van der Waals surface area (Å²) in [7, 11) is 0. The molecule has 190 valence electrons. The quantitative estimate of drug-likeness (QED) is 0.232. The first-order valence-corrected chi connectivity index (χ1v) is 12.3. The van der Waals surface area contributed by atoms with Gasteiger partial charge in [-0.3, -0.25) is 19.8 Å². The van der Waals surface area contributed by atoms with E-state index in [1.54, 1.807) is 11.5 Å². The van der Waals surface area contributed by atoms with Crippen molar-refractivity contribution in [2.75, 3.05) is 0 Å². The van der Waals surface area contributed by atoms with Crippen LogP contribution in [0.25, 0.3) is 10.9 Å². The van der Waals surface area contributed by atoms with E-state index in [0.29, 0.717) is 5.56 Å². The topological polar surface area (TPSA) is 115 Å². The molecular formula is C28H25ClFN3O4. The molecule has 0 saturated heterocycles. The molecule has 0 spiro atoms. The minimum absolute atomic E-state index is 0.0514. The van der Waals surface area contributed by atoms with Crippen molar-refractivity contribution in [2.45, 2.75) is 30.7 Å². The Labute approximate surface area is 217 Å². The van der Waals surface area contributed by atoms with E-state index in [9.17, 15) is 14.0 Å². The predicted octanol–water partition coefficient (Wildman–Crippen LogP) is 4.31. The molecule has 5 rings (SSSR count). The highest BCUT2D eigenvalue weighted by Gasteiger charge is 2.62. The number of primary amides is 1. The third kappa shape index (κ3) is 4.82. The molecule has 4 atom stereocenters. The van der Waals surface area contributed by atoms with Gasteiger partial charge < -0.3 is 10.5 Å². The van der Waals surface area contributed by atoms with Gasteiger partial charge in [-0.15, -0.1) is 11.6 Å². The number of nitrogens with two attached hydrogens (primary N) is 1. The number of carbonyl (C=O) groups is 2. The molecule has 2 aliphatic carbocycles. The number of allylic oxidation sites excluding steroid dienone is 4. The van der Waals surface area contributed by atoms with E-state index in [0.717, 1.165) is 22.2 Å². The van der Waals surface area contributed by atoms with Gasteiger partial charge in [0, 0.05) is 16.9 Å². The zero-order valence-corrected chi connectivity index (χ0v) is 20.5. The molecule has 7 nitrogen and oxygen atoms in total. The predicted molar refractivity (Wildman–Crippen MR) is 137 cm³/mol. The number of nitrogens with one attached hydrogen (secondary N) is 1. The molecule has 1 fully saturated rings. The second-order valence-corrected chi connectivity index (χ2v) is 9.95. The lowest BCUT2D eigenvalue weighted by Crippen LogP contribution is -2.33. The molecule has 2 aromatic carbocycles. The number of halogens is 2. The Bertz CT molecular complexity index is 1440. The van der Waals surface area contributed by atoms with Crippen LogP contribution in [-0.4, -0.2) is 27.4 Å². The smallest absolute Gasteiger partial charge is 0.247 e. The Balaban J connectivity index is 1.36. The zero-order chi connectivity index (χ0) is 26.2. The second-order valence-electron chi connectivity index (χ2n) is 9.45. The van der Waals surface area contributed by atoms with Gasteiger partial charge in [-0.05, 0) is 42.7 Å². The molecular weight excluding hydrogens is 497 g/mol. The van der Waals surface area contributed by atoms with Crippen LogP contribution < -0.4 is 16.0 Å². The fourth-order valence-electron chi connectivity index (χ4n) is 4.97. The Morgan fingerprint density at radius 2 is 1.97 bits per heavy atom. The first-order valence-electron chi connectivity index (χ1n) is 11.8. The van der Waals surface area contributed by atoms with Crippen molar-refractivity contribution in [3.05, 3.63) is 95.5 Å². The molecule has 0 radical (unpaired) electrons. The van der Waals surface area contributed by atoms with Crippen molar-refractivity contribution in [1.82, 2.24) is 10.5 Å². The van der Waals surface area contributed by atoms with E-state index < -0.39 is 29.0 Å². The van der Waals surface area contributed by atoms with Crippen LogP contribution >= 0.6 is 11.6 Å². The normalized spacial score (nSPS) is 24.1. The van der Waals surface area contributed by atoms with Crippen molar-refractivity contribution >= 4 is 34.3 Å². The summed E-state index contributed by atoms with van der Waals surface area (Å²) < 4.78 is 20.9. The Kier molecular flexibility index (Phi) is 6.70. The number of benzene rings is 2. The van der Waals surface area contributed by atoms with Crippen LogP contribution in [0.2, 0.25) is 0 Å². The maximum absolute atomic E-state index is 15.0. The highest BCUT2D eigenvalue weighted by atomic mass is 35.5. The number of alkyl halides is 1. The third-order valence-electron chi connectivity index (χ3n) is 7.12. The molecule has 0 bridgehead atoms.